The second-order valence-electron chi connectivity index (χ2n) is 6.04. The number of nitrogens with zero attached hydrogens (tertiary/aromatic N) is 2. The van der Waals surface area contributed by atoms with Crippen molar-refractivity contribution < 1.29 is 13.2 Å². The molecule has 7 heteroatoms. The summed E-state index contributed by atoms with van der Waals surface area (Å²) in [5, 5.41) is 0. The van der Waals surface area contributed by atoms with Crippen LogP contribution in [0.5, 0.6) is 0 Å². The fourth-order valence-electron chi connectivity index (χ4n) is 2.53. The van der Waals surface area contributed by atoms with Crippen LogP contribution in [0, 0.1) is 5.92 Å². The van der Waals surface area contributed by atoms with Gasteiger partial charge in [0.05, 0.1) is 12.3 Å². The van der Waals surface area contributed by atoms with Gasteiger partial charge >= 0.3 is 10.2 Å². The molecule has 2 fully saturated rings. The van der Waals surface area contributed by atoms with Gasteiger partial charge in [-0.2, -0.15) is 12.7 Å². The maximum absolute atomic E-state index is 12.3. The molecule has 122 valence electrons. The zero-order valence-corrected chi connectivity index (χ0v) is 13.5. The zero-order chi connectivity index (χ0) is 15.4. The summed E-state index contributed by atoms with van der Waals surface area (Å²) in [5.74, 6) is 1.07. The molecule has 0 unspecified atom stereocenters. The number of hydrogen-bond donors (Lipinski definition) is 1. The molecule has 1 aromatic rings. The summed E-state index contributed by atoms with van der Waals surface area (Å²) < 4.78 is 34.3. The quantitative estimate of drug-likeness (QED) is 0.834. The third kappa shape index (κ3) is 4.41. The van der Waals surface area contributed by atoms with Gasteiger partial charge in [-0.3, -0.25) is 4.72 Å². The van der Waals surface area contributed by atoms with Gasteiger partial charge in [0.2, 0.25) is 0 Å². The van der Waals surface area contributed by atoms with Crippen molar-refractivity contribution in [2.45, 2.75) is 38.7 Å². The first-order valence-corrected chi connectivity index (χ1v) is 9.39. The van der Waals surface area contributed by atoms with Gasteiger partial charge in [0.15, 0.2) is 0 Å². The van der Waals surface area contributed by atoms with Crippen molar-refractivity contribution in [1.29, 1.82) is 0 Å². The van der Waals surface area contributed by atoms with E-state index >= 15 is 0 Å². The molecule has 6 nitrogen and oxygen atoms in total. The number of rotatable bonds is 7. The van der Waals surface area contributed by atoms with E-state index in [1.54, 1.807) is 12.1 Å². The summed E-state index contributed by atoms with van der Waals surface area (Å²) in [6.45, 7) is 2.36. The van der Waals surface area contributed by atoms with Crippen molar-refractivity contribution in [1.82, 2.24) is 9.29 Å². The largest absolute Gasteiger partial charge is 0.375 e. The SMILES string of the molecule is O=S(=O)(Nc1cccc(COCC2CC2)n1)N1CCCCC1. The number of pyridine rings is 1. The third-order valence-electron chi connectivity index (χ3n) is 4.00. The molecule has 22 heavy (non-hydrogen) atoms. The predicted octanol–water partition coefficient (Wildman–Crippen LogP) is 2.15. The molecular weight excluding hydrogens is 302 g/mol. The minimum absolute atomic E-state index is 0.359. The zero-order valence-electron chi connectivity index (χ0n) is 12.7. The van der Waals surface area contributed by atoms with Gasteiger partial charge in [-0.15, -0.1) is 0 Å². The average molecular weight is 325 g/mol. The lowest BCUT2D eigenvalue weighted by Crippen LogP contribution is -2.39. The number of anilines is 1. The maximum Gasteiger partial charge on any atom is 0.302 e. The van der Waals surface area contributed by atoms with Gasteiger partial charge in [-0.1, -0.05) is 12.5 Å². The van der Waals surface area contributed by atoms with Crippen LogP contribution in [0.4, 0.5) is 5.82 Å². The Hall–Kier alpha value is -1.18. The summed E-state index contributed by atoms with van der Waals surface area (Å²) >= 11 is 0. The number of ether oxygens (including phenoxy) is 1. The molecule has 1 saturated heterocycles. The van der Waals surface area contributed by atoms with Crippen molar-refractivity contribution in [2.24, 2.45) is 5.92 Å². The Morgan fingerprint density at radius 2 is 2.00 bits per heavy atom. The second-order valence-corrected chi connectivity index (χ2v) is 7.71. The lowest BCUT2D eigenvalue weighted by atomic mass is 10.2. The van der Waals surface area contributed by atoms with Crippen molar-refractivity contribution in [3.63, 3.8) is 0 Å². The molecule has 1 saturated carbocycles. The number of hydrogen-bond acceptors (Lipinski definition) is 4. The summed E-state index contributed by atoms with van der Waals surface area (Å²) in [7, 11) is -3.50. The van der Waals surface area contributed by atoms with E-state index in [0.717, 1.165) is 31.6 Å². The van der Waals surface area contributed by atoms with Crippen molar-refractivity contribution in [2.75, 3.05) is 24.4 Å². The van der Waals surface area contributed by atoms with Gasteiger partial charge in [0.1, 0.15) is 5.82 Å². The minimum atomic E-state index is -3.50. The van der Waals surface area contributed by atoms with Gasteiger partial charge in [-0.05, 0) is 43.7 Å². The fraction of sp³-hybridized carbons (Fsp3) is 0.667. The molecular formula is C15H23N3O3S. The molecule has 1 N–H and O–H groups in total. The molecule has 2 aliphatic rings. The van der Waals surface area contributed by atoms with Crippen LogP contribution >= 0.6 is 0 Å². The van der Waals surface area contributed by atoms with Crippen LogP contribution in [0.1, 0.15) is 37.8 Å². The first-order chi connectivity index (χ1) is 10.6. The van der Waals surface area contributed by atoms with Gasteiger partial charge in [-0.25, -0.2) is 4.98 Å². The van der Waals surface area contributed by atoms with Crippen LogP contribution in [0.2, 0.25) is 0 Å². The Morgan fingerprint density at radius 3 is 2.73 bits per heavy atom. The highest BCUT2D eigenvalue weighted by Crippen LogP contribution is 2.29. The molecule has 1 aliphatic carbocycles. The minimum Gasteiger partial charge on any atom is -0.375 e. The highest BCUT2D eigenvalue weighted by Gasteiger charge is 2.24. The number of piperidine rings is 1. The van der Waals surface area contributed by atoms with Crippen LogP contribution in [-0.4, -0.2) is 37.4 Å². The Morgan fingerprint density at radius 1 is 1.23 bits per heavy atom. The lowest BCUT2D eigenvalue weighted by Gasteiger charge is -2.25. The van der Waals surface area contributed by atoms with Crippen molar-refractivity contribution >= 4 is 16.0 Å². The van der Waals surface area contributed by atoms with Crippen LogP contribution in [0.25, 0.3) is 0 Å². The van der Waals surface area contributed by atoms with E-state index in [-0.39, 0.29) is 0 Å². The summed E-state index contributed by atoms with van der Waals surface area (Å²) in [5.41, 5.74) is 0.750. The van der Waals surface area contributed by atoms with E-state index in [1.165, 1.54) is 17.1 Å². The topological polar surface area (TPSA) is 71.5 Å². The standard InChI is InChI=1S/C15H23N3O3S/c19-22(20,18-9-2-1-3-10-18)17-15-6-4-5-14(16-15)12-21-11-13-7-8-13/h4-6,13H,1-3,7-12H2,(H,16,17). The summed E-state index contributed by atoms with van der Waals surface area (Å²) in [4.78, 5) is 4.33. The second kappa shape index (κ2) is 6.93. The van der Waals surface area contributed by atoms with Gasteiger partial charge in [0.25, 0.3) is 0 Å². The number of nitrogens with one attached hydrogen (secondary N) is 1. The normalized spacial score (nSPS) is 20.0. The van der Waals surface area contributed by atoms with Crippen LogP contribution in [-0.2, 0) is 21.6 Å². The Balaban J connectivity index is 1.58. The van der Waals surface area contributed by atoms with Gasteiger partial charge in [0, 0.05) is 19.7 Å². The van der Waals surface area contributed by atoms with Gasteiger partial charge < -0.3 is 4.74 Å². The third-order valence-corrected chi connectivity index (χ3v) is 5.51. The van der Waals surface area contributed by atoms with E-state index in [1.807, 2.05) is 6.07 Å². The monoisotopic (exact) mass is 325 g/mol. The first-order valence-electron chi connectivity index (χ1n) is 7.95. The molecule has 1 aromatic heterocycles. The molecule has 3 rings (SSSR count). The predicted molar refractivity (Wildman–Crippen MR) is 84.6 cm³/mol. The molecule has 1 aliphatic heterocycles. The van der Waals surface area contributed by atoms with Crippen molar-refractivity contribution in [3.8, 4) is 0 Å². The van der Waals surface area contributed by atoms with E-state index in [9.17, 15) is 8.42 Å². The van der Waals surface area contributed by atoms with Crippen molar-refractivity contribution in [3.05, 3.63) is 23.9 Å². The average Bonchev–Trinajstić information content (AvgIpc) is 3.32. The van der Waals surface area contributed by atoms with Crippen LogP contribution in [0.15, 0.2) is 18.2 Å². The molecule has 0 atom stereocenters. The van der Waals surface area contributed by atoms with E-state index in [4.69, 9.17) is 4.74 Å². The molecule has 0 amide bonds. The molecule has 0 spiro atoms. The maximum atomic E-state index is 12.3. The smallest absolute Gasteiger partial charge is 0.302 e. The Bertz CT molecular complexity index is 596. The number of aromatic nitrogens is 1. The van der Waals surface area contributed by atoms with E-state index in [0.29, 0.717) is 31.4 Å². The van der Waals surface area contributed by atoms with Crippen LogP contribution < -0.4 is 4.72 Å². The van der Waals surface area contributed by atoms with E-state index in [2.05, 4.69) is 9.71 Å². The molecule has 0 bridgehead atoms. The summed E-state index contributed by atoms with van der Waals surface area (Å²) in [6.07, 6.45) is 5.44. The lowest BCUT2D eigenvalue weighted by molar-refractivity contribution is 0.109. The fourth-order valence-corrected chi connectivity index (χ4v) is 3.78. The van der Waals surface area contributed by atoms with E-state index < -0.39 is 10.2 Å². The molecule has 2 heterocycles. The first kappa shape index (κ1) is 15.7. The van der Waals surface area contributed by atoms with Crippen LogP contribution in [0.3, 0.4) is 0 Å². The molecule has 0 radical (unpaired) electrons. The summed E-state index contributed by atoms with van der Waals surface area (Å²) in [6, 6.07) is 5.33. The highest BCUT2D eigenvalue weighted by atomic mass is 32.2. The highest BCUT2D eigenvalue weighted by molar-refractivity contribution is 7.90. The Labute approximate surface area is 132 Å². The Kier molecular flexibility index (Phi) is 4.95. The molecule has 0 aromatic carbocycles.